The van der Waals surface area contributed by atoms with Crippen molar-refractivity contribution in [3.63, 3.8) is 0 Å². The van der Waals surface area contributed by atoms with Gasteiger partial charge in [-0.15, -0.1) is 0 Å². The maximum atomic E-state index is 13.1. The van der Waals surface area contributed by atoms with Crippen LogP contribution in [0.3, 0.4) is 0 Å². The molecule has 3 N–H and O–H groups in total. The van der Waals surface area contributed by atoms with Crippen molar-refractivity contribution in [3.05, 3.63) is 34.9 Å². The Hall–Kier alpha value is -2.06. The molecule has 9 heteroatoms. The third-order valence-corrected chi connectivity index (χ3v) is 7.74. The number of likely N-dealkylation sites (N-methyl/N-ethyl adjacent to an activating group) is 1. The van der Waals surface area contributed by atoms with E-state index in [0.717, 1.165) is 24.8 Å². The minimum atomic E-state index is -1.06. The summed E-state index contributed by atoms with van der Waals surface area (Å²) in [6.45, 7) is 5.69. The fourth-order valence-corrected chi connectivity index (χ4v) is 5.50. The Kier molecular flexibility index (Phi) is 12.6. The van der Waals surface area contributed by atoms with Crippen molar-refractivity contribution in [3.8, 4) is 0 Å². The van der Waals surface area contributed by atoms with Crippen molar-refractivity contribution >= 4 is 46.9 Å². The summed E-state index contributed by atoms with van der Waals surface area (Å²) in [6, 6.07) is 5.01. The molecule has 1 fully saturated rings. The summed E-state index contributed by atoms with van der Waals surface area (Å²) in [7, 11) is 0. The number of hydrogen-bond donors (Lipinski definition) is 3. The Morgan fingerprint density at radius 2 is 1.80 bits per heavy atom. The lowest BCUT2D eigenvalue weighted by Crippen LogP contribution is -2.56. The second-order valence-electron chi connectivity index (χ2n) is 9.29. The topological polar surface area (TPSA) is 104 Å². The molecule has 1 heterocycles. The Labute approximate surface area is 217 Å². The Bertz CT molecular complexity index is 857. The number of hydrogen-bond acceptors (Lipinski definition) is 5. The normalized spacial score (nSPS) is 17.0. The molecule has 3 amide bonds. The van der Waals surface area contributed by atoms with Crippen molar-refractivity contribution in [2.75, 3.05) is 12.3 Å². The highest BCUT2D eigenvalue weighted by atomic mass is 35.5. The molecule has 1 unspecified atom stereocenters. The quantitative estimate of drug-likeness (QED) is 0.255. The minimum absolute atomic E-state index is 0.136. The number of ketones is 1. The zero-order valence-electron chi connectivity index (χ0n) is 20.9. The van der Waals surface area contributed by atoms with Gasteiger partial charge in [0.15, 0.2) is 0 Å². The Morgan fingerprint density at radius 3 is 2.40 bits per heavy atom. The van der Waals surface area contributed by atoms with Crippen molar-refractivity contribution in [1.29, 1.82) is 0 Å². The summed E-state index contributed by atoms with van der Waals surface area (Å²) in [5.74, 6) is -1.09. The van der Waals surface area contributed by atoms with E-state index >= 15 is 0 Å². The van der Waals surface area contributed by atoms with E-state index in [0.29, 0.717) is 23.2 Å². The molecule has 0 spiro atoms. The van der Waals surface area contributed by atoms with Crippen LogP contribution in [-0.2, 0) is 25.6 Å². The van der Waals surface area contributed by atoms with Gasteiger partial charge in [-0.05, 0) is 62.0 Å². The summed E-state index contributed by atoms with van der Waals surface area (Å²) in [5.41, 5.74) is 0.753. The van der Waals surface area contributed by atoms with Gasteiger partial charge in [0.25, 0.3) is 5.91 Å². The van der Waals surface area contributed by atoms with Crippen LogP contribution in [0, 0.1) is 5.92 Å². The molecule has 2 rings (SSSR count). The van der Waals surface area contributed by atoms with E-state index in [4.69, 9.17) is 11.6 Å². The van der Waals surface area contributed by atoms with Crippen LogP contribution < -0.4 is 16.0 Å². The SMILES string of the molecule is CCNC(=O)C(=O)[C@H](Cc1ccc(Cl)cc1)NC(=O)[C@@H](NC(=O)CCCCC1CCCS1)C(C)C. The van der Waals surface area contributed by atoms with E-state index in [2.05, 4.69) is 16.0 Å². The maximum absolute atomic E-state index is 13.1. The molecule has 0 saturated carbocycles. The predicted molar refractivity (Wildman–Crippen MR) is 141 cm³/mol. The van der Waals surface area contributed by atoms with Gasteiger partial charge in [0, 0.05) is 29.7 Å². The van der Waals surface area contributed by atoms with Gasteiger partial charge >= 0.3 is 0 Å². The molecule has 1 aliphatic heterocycles. The van der Waals surface area contributed by atoms with E-state index in [1.54, 1.807) is 31.2 Å². The first-order chi connectivity index (χ1) is 16.7. The van der Waals surface area contributed by atoms with Gasteiger partial charge < -0.3 is 16.0 Å². The molecular formula is C26H38ClN3O4S. The first kappa shape index (κ1) is 29.2. The number of halogens is 1. The van der Waals surface area contributed by atoms with Crippen molar-refractivity contribution in [1.82, 2.24) is 16.0 Å². The number of unbranched alkanes of at least 4 members (excludes halogenated alkanes) is 1. The van der Waals surface area contributed by atoms with Crippen molar-refractivity contribution in [2.45, 2.75) is 83.1 Å². The fourth-order valence-electron chi connectivity index (χ4n) is 4.04. The Balaban J connectivity index is 1.98. The minimum Gasteiger partial charge on any atom is -0.350 e. The lowest BCUT2D eigenvalue weighted by molar-refractivity contribution is -0.140. The number of thioether (sulfide) groups is 1. The fraction of sp³-hybridized carbons (Fsp3) is 0.615. The highest BCUT2D eigenvalue weighted by Gasteiger charge is 2.31. The molecule has 0 aromatic heterocycles. The van der Waals surface area contributed by atoms with Crippen LogP contribution in [0.5, 0.6) is 0 Å². The van der Waals surface area contributed by atoms with E-state index < -0.39 is 29.7 Å². The van der Waals surface area contributed by atoms with Gasteiger partial charge in [0.05, 0.1) is 0 Å². The zero-order valence-corrected chi connectivity index (χ0v) is 22.5. The third-order valence-electron chi connectivity index (χ3n) is 6.02. The summed E-state index contributed by atoms with van der Waals surface area (Å²) in [5, 5.41) is 9.30. The predicted octanol–water partition coefficient (Wildman–Crippen LogP) is 3.67. The van der Waals surface area contributed by atoms with Crippen LogP contribution in [0.2, 0.25) is 5.02 Å². The van der Waals surface area contributed by atoms with Crippen LogP contribution >= 0.6 is 23.4 Å². The third kappa shape index (κ3) is 10.2. The molecule has 0 radical (unpaired) electrons. The maximum Gasteiger partial charge on any atom is 0.289 e. The molecule has 1 saturated heterocycles. The standard InChI is InChI=1S/C26H38ClN3O4S/c1-4-28-26(34)24(32)21(16-18-11-13-19(27)14-12-18)29-25(33)23(17(2)3)30-22(31)10-6-5-8-20-9-7-15-35-20/h11-14,17,20-21,23H,4-10,15-16H2,1-3H3,(H,28,34)(H,29,33)(H,30,31)/t20?,21-,23-/m0/s1. The van der Waals surface area contributed by atoms with Gasteiger partial charge in [-0.2, -0.15) is 11.8 Å². The average molecular weight is 524 g/mol. The number of nitrogens with one attached hydrogen (secondary N) is 3. The molecule has 35 heavy (non-hydrogen) atoms. The number of carbonyl (C=O) groups excluding carboxylic acids is 4. The van der Waals surface area contributed by atoms with Crippen molar-refractivity contribution in [2.24, 2.45) is 5.92 Å². The highest BCUT2D eigenvalue weighted by molar-refractivity contribution is 8.00. The van der Waals surface area contributed by atoms with Crippen molar-refractivity contribution < 1.29 is 19.2 Å². The molecule has 3 atom stereocenters. The number of amides is 3. The lowest BCUT2D eigenvalue weighted by Gasteiger charge is -2.25. The van der Waals surface area contributed by atoms with Crippen LogP contribution in [0.1, 0.15) is 64.9 Å². The van der Waals surface area contributed by atoms with Gasteiger partial charge in [-0.1, -0.05) is 44.0 Å². The summed E-state index contributed by atoms with van der Waals surface area (Å²) >= 11 is 7.97. The largest absolute Gasteiger partial charge is 0.350 e. The van der Waals surface area contributed by atoms with E-state index in [-0.39, 0.29) is 18.2 Å². The molecular weight excluding hydrogens is 486 g/mol. The summed E-state index contributed by atoms with van der Waals surface area (Å²) < 4.78 is 0. The van der Waals surface area contributed by atoms with Gasteiger partial charge in [-0.3, -0.25) is 19.2 Å². The molecule has 1 aliphatic rings. The molecule has 1 aromatic rings. The Morgan fingerprint density at radius 1 is 1.09 bits per heavy atom. The van der Waals surface area contributed by atoms with Gasteiger partial charge in [-0.25, -0.2) is 0 Å². The second-order valence-corrected chi connectivity index (χ2v) is 11.1. The van der Waals surface area contributed by atoms with Crippen LogP contribution in [0.25, 0.3) is 0 Å². The molecule has 0 aliphatic carbocycles. The molecule has 0 bridgehead atoms. The summed E-state index contributed by atoms with van der Waals surface area (Å²) in [6.07, 6.45) is 5.94. The van der Waals surface area contributed by atoms with Gasteiger partial charge in [0.2, 0.25) is 17.6 Å². The van der Waals surface area contributed by atoms with Crippen LogP contribution in [0.15, 0.2) is 24.3 Å². The average Bonchev–Trinajstić information content (AvgIpc) is 3.34. The molecule has 194 valence electrons. The zero-order chi connectivity index (χ0) is 25.8. The van der Waals surface area contributed by atoms with Crippen LogP contribution in [-0.4, -0.2) is 53.1 Å². The molecule has 1 aromatic carbocycles. The molecule has 7 nitrogen and oxygen atoms in total. The number of Topliss-reactive ketones (excluding diaryl/α,β-unsaturated/α-hetero) is 1. The summed E-state index contributed by atoms with van der Waals surface area (Å²) in [4.78, 5) is 50.7. The number of benzene rings is 1. The number of rotatable bonds is 14. The van der Waals surface area contributed by atoms with E-state index in [1.807, 2.05) is 25.6 Å². The van der Waals surface area contributed by atoms with Gasteiger partial charge in [0.1, 0.15) is 12.1 Å². The van der Waals surface area contributed by atoms with E-state index in [9.17, 15) is 19.2 Å². The highest BCUT2D eigenvalue weighted by Crippen LogP contribution is 2.30. The first-order valence-electron chi connectivity index (χ1n) is 12.5. The lowest BCUT2D eigenvalue weighted by atomic mass is 9.98. The smallest absolute Gasteiger partial charge is 0.289 e. The first-order valence-corrected chi connectivity index (χ1v) is 13.9. The number of carbonyl (C=O) groups is 4. The van der Waals surface area contributed by atoms with E-state index in [1.165, 1.54) is 18.6 Å². The van der Waals surface area contributed by atoms with Crippen LogP contribution in [0.4, 0.5) is 0 Å². The second kappa shape index (κ2) is 15.1. The monoisotopic (exact) mass is 523 g/mol.